The minimum atomic E-state index is 0.0720. The molecule has 1 rings (SSSR count). The first-order chi connectivity index (χ1) is 7.27. The molecule has 15 heavy (non-hydrogen) atoms. The van der Waals surface area contributed by atoms with E-state index >= 15 is 0 Å². The Morgan fingerprint density at radius 2 is 2.53 bits per heavy atom. The monoisotopic (exact) mass is 207 g/mol. The lowest BCUT2D eigenvalue weighted by Crippen LogP contribution is -2.16. The Morgan fingerprint density at radius 1 is 1.73 bits per heavy atom. The Morgan fingerprint density at radius 3 is 3.07 bits per heavy atom. The Bertz CT molecular complexity index is 314. The quantitative estimate of drug-likeness (QED) is 0.717. The van der Waals surface area contributed by atoms with E-state index in [2.05, 4.69) is 11.9 Å². The Balaban J connectivity index is 2.58. The number of ether oxygens (including phenoxy) is 1. The van der Waals surface area contributed by atoms with E-state index in [1.54, 1.807) is 12.5 Å². The molecule has 3 heteroatoms. The normalized spacial score (nSPS) is 18.9. The first kappa shape index (κ1) is 11.7. The predicted molar refractivity (Wildman–Crippen MR) is 61.7 cm³/mol. The van der Waals surface area contributed by atoms with Gasteiger partial charge in [0, 0.05) is 5.92 Å². The molecule has 3 nitrogen and oxygen atoms in total. The molecule has 0 saturated carbocycles. The van der Waals surface area contributed by atoms with Gasteiger partial charge in [0.1, 0.15) is 12.9 Å². The van der Waals surface area contributed by atoms with E-state index in [4.69, 9.17) is 9.84 Å². The molecular formula is C12H17NO2. The average Bonchev–Trinajstić information content (AvgIpc) is 2.31. The maximum atomic E-state index is 8.96. The average molecular weight is 207 g/mol. The molecule has 1 aliphatic heterocycles. The zero-order chi connectivity index (χ0) is 11.1. The van der Waals surface area contributed by atoms with Gasteiger partial charge in [0.2, 0.25) is 0 Å². The van der Waals surface area contributed by atoms with Crippen LogP contribution in [-0.2, 0) is 4.74 Å². The molecule has 1 aliphatic rings. The largest absolute Gasteiger partial charge is 0.494 e. The lowest BCUT2D eigenvalue weighted by Gasteiger charge is -2.12. The van der Waals surface area contributed by atoms with Gasteiger partial charge in [-0.05, 0) is 12.5 Å². The van der Waals surface area contributed by atoms with Crippen LogP contribution in [0, 0.1) is 5.92 Å². The molecule has 0 bridgehead atoms. The van der Waals surface area contributed by atoms with Crippen molar-refractivity contribution in [2.75, 3.05) is 13.2 Å². The second-order valence-corrected chi connectivity index (χ2v) is 3.39. The third-order valence-electron chi connectivity index (χ3n) is 2.31. The molecule has 82 valence electrons. The van der Waals surface area contributed by atoms with Gasteiger partial charge in [-0.25, -0.2) is 0 Å². The van der Waals surface area contributed by atoms with E-state index in [9.17, 15) is 0 Å². The van der Waals surface area contributed by atoms with Crippen molar-refractivity contribution < 1.29 is 9.84 Å². The summed E-state index contributed by atoms with van der Waals surface area (Å²) in [6.07, 6.45) is 9.08. The number of hydrogen-bond acceptors (Lipinski definition) is 3. The molecule has 0 fully saturated rings. The van der Waals surface area contributed by atoms with Crippen molar-refractivity contribution in [1.29, 1.82) is 0 Å². The maximum absolute atomic E-state index is 8.96. The van der Waals surface area contributed by atoms with E-state index in [1.807, 2.05) is 25.2 Å². The van der Waals surface area contributed by atoms with E-state index in [0.717, 1.165) is 11.3 Å². The Hall–Kier alpha value is -1.35. The fourth-order valence-corrected chi connectivity index (χ4v) is 1.21. The fraction of sp³-hybridized carbons (Fsp3) is 0.417. The van der Waals surface area contributed by atoms with Gasteiger partial charge in [-0.2, -0.15) is 0 Å². The van der Waals surface area contributed by atoms with Crippen molar-refractivity contribution in [2.45, 2.75) is 13.8 Å². The second kappa shape index (κ2) is 6.19. The van der Waals surface area contributed by atoms with E-state index in [0.29, 0.717) is 6.61 Å². The fourth-order valence-electron chi connectivity index (χ4n) is 1.21. The van der Waals surface area contributed by atoms with E-state index < -0.39 is 0 Å². The molecule has 1 heterocycles. The number of aliphatic hydroxyl groups excluding tert-OH is 1. The highest BCUT2D eigenvalue weighted by molar-refractivity contribution is 5.90. The van der Waals surface area contributed by atoms with Crippen LogP contribution in [0.3, 0.4) is 0 Å². The highest BCUT2D eigenvalue weighted by atomic mass is 16.5. The van der Waals surface area contributed by atoms with Crippen LogP contribution in [-0.4, -0.2) is 24.0 Å². The van der Waals surface area contributed by atoms with Gasteiger partial charge < -0.3 is 9.84 Å². The topological polar surface area (TPSA) is 41.8 Å². The van der Waals surface area contributed by atoms with Crippen molar-refractivity contribution in [3.63, 3.8) is 0 Å². The molecule has 0 radical (unpaired) electrons. The molecule has 0 aromatic heterocycles. The molecule has 0 saturated heterocycles. The van der Waals surface area contributed by atoms with Gasteiger partial charge in [-0.3, -0.25) is 4.99 Å². The number of hydrogen-bond donors (Lipinski definition) is 1. The van der Waals surface area contributed by atoms with Crippen molar-refractivity contribution >= 4 is 5.71 Å². The molecule has 0 amide bonds. The number of rotatable bonds is 4. The van der Waals surface area contributed by atoms with Gasteiger partial charge in [0.15, 0.2) is 0 Å². The summed E-state index contributed by atoms with van der Waals surface area (Å²) in [4.78, 5) is 4.24. The van der Waals surface area contributed by atoms with Crippen LogP contribution in [0.5, 0.6) is 0 Å². The zero-order valence-electron chi connectivity index (χ0n) is 9.18. The summed E-state index contributed by atoms with van der Waals surface area (Å²) in [5.41, 5.74) is 1.91. The van der Waals surface area contributed by atoms with Gasteiger partial charge in [-0.1, -0.05) is 25.2 Å². The molecule has 0 aliphatic carbocycles. The van der Waals surface area contributed by atoms with E-state index in [1.165, 1.54) is 0 Å². The van der Waals surface area contributed by atoms with Gasteiger partial charge in [0.25, 0.3) is 0 Å². The van der Waals surface area contributed by atoms with Gasteiger partial charge >= 0.3 is 0 Å². The van der Waals surface area contributed by atoms with Crippen molar-refractivity contribution in [1.82, 2.24) is 0 Å². The Labute approximate surface area is 90.5 Å². The lowest BCUT2D eigenvalue weighted by molar-refractivity contribution is 0.293. The number of allylic oxidation sites excluding steroid dienone is 2. The summed E-state index contributed by atoms with van der Waals surface area (Å²) in [5, 5.41) is 8.96. The molecule has 1 unspecified atom stereocenters. The highest BCUT2D eigenvalue weighted by Gasteiger charge is 2.08. The molecule has 0 aromatic carbocycles. The summed E-state index contributed by atoms with van der Waals surface area (Å²) in [6, 6.07) is 0. The van der Waals surface area contributed by atoms with Crippen LogP contribution >= 0.6 is 0 Å². The van der Waals surface area contributed by atoms with Crippen molar-refractivity contribution in [2.24, 2.45) is 10.9 Å². The number of aliphatic hydroxyl groups is 1. The van der Waals surface area contributed by atoms with Crippen LogP contribution < -0.4 is 0 Å². The van der Waals surface area contributed by atoms with E-state index in [-0.39, 0.29) is 12.5 Å². The van der Waals surface area contributed by atoms with Crippen LogP contribution in [0.15, 0.2) is 41.3 Å². The molecule has 1 N–H and O–H groups in total. The second-order valence-electron chi connectivity index (χ2n) is 3.39. The first-order valence-corrected chi connectivity index (χ1v) is 5.05. The minimum absolute atomic E-state index is 0.0720. The summed E-state index contributed by atoms with van der Waals surface area (Å²) in [6.45, 7) is 4.59. The maximum Gasteiger partial charge on any atom is 0.126 e. The van der Waals surface area contributed by atoms with Crippen molar-refractivity contribution in [3.8, 4) is 0 Å². The van der Waals surface area contributed by atoms with Crippen LogP contribution in [0.2, 0.25) is 0 Å². The summed E-state index contributed by atoms with van der Waals surface area (Å²) in [5.74, 6) is 0.233. The number of nitrogens with zero attached hydrogens (tertiary/aromatic N) is 1. The lowest BCUT2D eigenvalue weighted by atomic mass is 10.0. The first-order valence-electron chi connectivity index (χ1n) is 5.05. The predicted octanol–water partition coefficient (Wildman–Crippen LogP) is 2.06. The van der Waals surface area contributed by atoms with Crippen LogP contribution in [0.4, 0.5) is 0 Å². The third kappa shape index (κ3) is 3.72. The Kier molecular flexibility index (Phi) is 4.84. The van der Waals surface area contributed by atoms with Crippen LogP contribution in [0.25, 0.3) is 0 Å². The summed E-state index contributed by atoms with van der Waals surface area (Å²) >= 11 is 0. The van der Waals surface area contributed by atoms with Gasteiger partial charge in [-0.15, -0.1) is 0 Å². The molecule has 1 atom stereocenters. The SMILES string of the molecule is C/C=C(\C=C/C(C)C1=NC=COC1)CO. The number of aliphatic imine (C=N–C) groups is 1. The minimum Gasteiger partial charge on any atom is -0.494 e. The molecule has 0 spiro atoms. The van der Waals surface area contributed by atoms with Crippen LogP contribution in [0.1, 0.15) is 13.8 Å². The highest BCUT2D eigenvalue weighted by Crippen LogP contribution is 2.08. The smallest absolute Gasteiger partial charge is 0.126 e. The van der Waals surface area contributed by atoms with Crippen molar-refractivity contribution in [3.05, 3.63) is 36.3 Å². The summed E-state index contributed by atoms with van der Waals surface area (Å²) in [7, 11) is 0. The summed E-state index contributed by atoms with van der Waals surface area (Å²) < 4.78 is 5.15. The molecule has 0 aromatic rings. The van der Waals surface area contributed by atoms with Gasteiger partial charge in [0.05, 0.1) is 18.5 Å². The standard InChI is InChI=1S/C12H17NO2/c1-3-11(8-14)5-4-10(2)12-9-15-7-6-13-12/h3-7,10,14H,8-9H2,1-2H3/b5-4-,11-3+. The molecular weight excluding hydrogens is 190 g/mol. The third-order valence-corrected chi connectivity index (χ3v) is 2.31. The zero-order valence-corrected chi connectivity index (χ0v) is 9.18.